The number of carbonyl (C=O) groups excluding carboxylic acids is 1. The summed E-state index contributed by atoms with van der Waals surface area (Å²) < 4.78 is 0. The number of carbonyl (C=O) groups is 1. The van der Waals surface area contributed by atoms with Gasteiger partial charge in [0.1, 0.15) is 16.9 Å². The summed E-state index contributed by atoms with van der Waals surface area (Å²) in [4.78, 5) is 16.2. The molecule has 0 saturated carbocycles. The van der Waals surface area contributed by atoms with Gasteiger partial charge in [0.2, 0.25) is 5.13 Å². The van der Waals surface area contributed by atoms with Crippen LogP contribution in [0.3, 0.4) is 0 Å². The molecule has 1 amide bonds. The Labute approximate surface area is 146 Å². The van der Waals surface area contributed by atoms with Gasteiger partial charge in [-0.1, -0.05) is 11.3 Å². The van der Waals surface area contributed by atoms with Crippen molar-refractivity contribution in [1.29, 1.82) is 0 Å². The van der Waals surface area contributed by atoms with Gasteiger partial charge in [-0.15, -0.1) is 10.2 Å². The van der Waals surface area contributed by atoms with Crippen LogP contribution < -0.4 is 10.6 Å². The molecule has 3 heterocycles. The molecule has 3 aromatic rings. The van der Waals surface area contributed by atoms with Gasteiger partial charge >= 0.3 is 0 Å². The van der Waals surface area contributed by atoms with Crippen LogP contribution in [0.1, 0.15) is 22.8 Å². The molecule has 0 spiro atoms. The maximum atomic E-state index is 12.0. The van der Waals surface area contributed by atoms with E-state index in [9.17, 15) is 9.90 Å². The van der Waals surface area contributed by atoms with Crippen molar-refractivity contribution in [2.75, 3.05) is 17.2 Å². The molecule has 0 aliphatic rings. The smallest absolute Gasteiger partial charge is 0.259 e. The minimum atomic E-state index is -0.991. The van der Waals surface area contributed by atoms with Crippen LogP contribution in [-0.4, -0.2) is 32.7 Å². The molecule has 7 nitrogen and oxygen atoms in total. The van der Waals surface area contributed by atoms with E-state index in [1.165, 1.54) is 28.9 Å². The minimum absolute atomic E-state index is 0.295. The van der Waals surface area contributed by atoms with Gasteiger partial charge < -0.3 is 10.4 Å². The number of nitrogens with one attached hydrogen (secondary N) is 2. The van der Waals surface area contributed by atoms with Crippen molar-refractivity contribution in [2.24, 2.45) is 0 Å². The number of aromatic nitrogens is 3. The third-order valence-corrected chi connectivity index (χ3v) is 4.65. The van der Waals surface area contributed by atoms with E-state index in [1.807, 2.05) is 16.8 Å². The van der Waals surface area contributed by atoms with Gasteiger partial charge in [-0.3, -0.25) is 10.1 Å². The topological polar surface area (TPSA) is 100 Å². The number of hydrogen-bond acceptors (Lipinski definition) is 8. The summed E-state index contributed by atoms with van der Waals surface area (Å²) >= 11 is 2.78. The Hall–Kier alpha value is -2.36. The summed E-state index contributed by atoms with van der Waals surface area (Å²) in [6.07, 6.45) is 1.47. The molecule has 0 aliphatic heterocycles. The van der Waals surface area contributed by atoms with Crippen LogP contribution >= 0.6 is 22.7 Å². The molecule has 1 unspecified atom stereocenters. The van der Waals surface area contributed by atoms with Crippen LogP contribution in [0.5, 0.6) is 0 Å². The fraction of sp³-hybridized carbons (Fsp3) is 0.200. The maximum absolute atomic E-state index is 12.0. The highest BCUT2D eigenvalue weighted by Gasteiger charge is 2.23. The first kappa shape index (κ1) is 16.5. The quantitative estimate of drug-likeness (QED) is 0.624. The average Bonchev–Trinajstić information content (AvgIpc) is 3.27. The lowest BCUT2D eigenvalue weighted by molar-refractivity contribution is 0.0719. The van der Waals surface area contributed by atoms with E-state index in [0.29, 0.717) is 23.1 Å². The van der Waals surface area contributed by atoms with Crippen molar-refractivity contribution < 1.29 is 9.90 Å². The second kappa shape index (κ2) is 7.04. The Morgan fingerprint density at radius 3 is 2.88 bits per heavy atom. The first-order valence-electron chi connectivity index (χ1n) is 7.07. The van der Waals surface area contributed by atoms with Gasteiger partial charge in [-0.25, -0.2) is 4.98 Å². The molecular weight excluding hydrogens is 346 g/mol. The SMILES string of the molecule is CC(O)(CNc1ccc(C(=O)Nc2nncs2)cn1)c1ccsc1. The van der Waals surface area contributed by atoms with E-state index in [-0.39, 0.29) is 5.91 Å². The summed E-state index contributed by atoms with van der Waals surface area (Å²) in [5, 5.41) is 27.9. The van der Waals surface area contributed by atoms with Crippen molar-refractivity contribution in [3.05, 3.63) is 51.8 Å². The zero-order valence-electron chi connectivity index (χ0n) is 12.8. The van der Waals surface area contributed by atoms with Crippen molar-refractivity contribution in [2.45, 2.75) is 12.5 Å². The van der Waals surface area contributed by atoms with Crippen LogP contribution in [0.4, 0.5) is 10.9 Å². The summed E-state index contributed by atoms with van der Waals surface area (Å²) in [6.45, 7) is 2.05. The third kappa shape index (κ3) is 3.94. The van der Waals surface area contributed by atoms with Crippen molar-refractivity contribution in [3.8, 4) is 0 Å². The molecule has 3 N–H and O–H groups in total. The molecule has 0 radical (unpaired) electrons. The molecule has 0 aromatic carbocycles. The number of nitrogens with zero attached hydrogens (tertiary/aromatic N) is 3. The summed E-state index contributed by atoms with van der Waals surface area (Å²) in [7, 11) is 0. The number of pyridine rings is 1. The van der Waals surface area contributed by atoms with Crippen LogP contribution in [0, 0.1) is 0 Å². The van der Waals surface area contributed by atoms with Gasteiger partial charge in [0.25, 0.3) is 5.91 Å². The fourth-order valence-electron chi connectivity index (χ4n) is 1.97. The van der Waals surface area contributed by atoms with Gasteiger partial charge in [-0.2, -0.15) is 11.3 Å². The van der Waals surface area contributed by atoms with Gasteiger partial charge in [-0.05, 0) is 41.4 Å². The van der Waals surface area contributed by atoms with Crippen molar-refractivity contribution >= 4 is 39.5 Å². The summed E-state index contributed by atoms with van der Waals surface area (Å²) in [5.41, 5.74) is 1.82. The second-order valence-electron chi connectivity index (χ2n) is 5.27. The number of anilines is 2. The maximum Gasteiger partial charge on any atom is 0.259 e. The average molecular weight is 361 g/mol. The third-order valence-electron chi connectivity index (χ3n) is 3.36. The van der Waals surface area contributed by atoms with Crippen LogP contribution in [-0.2, 0) is 5.60 Å². The van der Waals surface area contributed by atoms with E-state index >= 15 is 0 Å². The highest BCUT2D eigenvalue weighted by atomic mass is 32.1. The summed E-state index contributed by atoms with van der Waals surface area (Å²) in [5.74, 6) is 0.286. The van der Waals surface area contributed by atoms with Gasteiger partial charge in [0.15, 0.2) is 0 Å². The normalized spacial score (nSPS) is 13.2. The van der Waals surface area contributed by atoms with Gasteiger partial charge in [0, 0.05) is 12.7 Å². The Morgan fingerprint density at radius 1 is 1.38 bits per heavy atom. The highest BCUT2D eigenvalue weighted by molar-refractivity contribution is 7.13. The molecule has 9 heteroatoms. The molecule has 0 aliphatic carbocycles. The van der Waals surface area contributed by atoms with Crippen LogP contribution in [0.15, 0.2) is 40.7 Å². The Morgan fingerprint density at radius 2 is 2.25 bits per heavy atom. The number of rotatable bonds is 6. The first-order valence-corrected chi connectivity index (χ1v) is 8.89. The van der Waals surface area contributed by atoms with E-state index in [4.69, 9.17) is 0 Å². The Bertz CT molecular complexity index is 786. The molecule has 0 saturated heterocycles. The van der Waals surface area contributed by atoms with E-state index in [1.54, 1.807) is 24.6 Å². The van der Waals surface area contributed by atoms with Crippen molar-refractivity contribution in [1.82, 2.24) is 15.2 Å². The monoisotopic (exact) mass is 361 g/mol. The predicted molar refractivity (Wildman–Crippen MR) is 94.5 cm³/mol. The molecular formula is C15H15N5O2S2. The molecule has 124 valence electrons. The zero-order valence-corrected chi connectivity index (χ0v) is 14.4. The standard InChI is InChI=1S/C15H15N5O2S2/c1-15(22,11-4-5-23-7-11)8-17-12-3-2-10(6-16-12)13(21)19-14-20-18-9-24-14/h2-7,9,22H,8H2,1H3,(H,16,17)(H,19,20,21). The first-order chi connectivity index (χ1) is 11.5. The Balaban J connectivity index is 1.59. The number of aliphatic hydroxyl groups is 1. The number of amides is 1. The fourth-order valence-corrected chi connectivity index (χ4v) is 3.19. The van der Waals surface area contributed by atoms with Crippen LogP contribution in [0.25, 0.3) is 0 Å². The molecule has 24 heavy (non-hydrogen) atoms. The molecule has 1 atom stereocenters. The van der Waals surface area contributed by atoms with E-state index < -0.39 is 5.60 Å². The lowest BCUT2D eigenvalue weighted by Gasteiger charge is -2.23. The minimum Gasteiger partial charge on any atom is -0.384 e. The Kier molecular flexibility index (Phi) is 4.84. The predicted octanol–water partition coefficient (Wildman–Crippen LogP) is 2.57. The lowest BCUT2D eigenvalue weighted by atomic mass is 9.99. The van der Waals surface area contributed by atoms with Crippen molar-refractivity contribution in [3.63, 3.8) is 0 Å². The molecule has 0 fully saturated rings. The molecule has 3 rings (SSSR count). The second-order valence-corrected chi connectivity index (χ2v) is 6.88. The summed E-state index contributed by atoms with van der Waals surface area (Å²) in [6, 6.07) is 5.24. The lowest BCUT2D eigenvalue weighted by Crippen LogP contribution is -2.30. The van der Waals surface area contributed by atoms with E-state index in [0.717, 1.165) is 5.56 Å². The largest absolute Gasteiger partial charge is 0.384 e. The number of hydrogen-bond donors (Lipinski definition) is 3. The van der Waals surface area contributed by atoms with E-state index in [2.05, 4.69) is 25.8 Å². The number of thiophene rings is 1. The highest BCUT2D eigenvalue weighted by Crippen LogP contribution is 2.23. The molecule has 3 aromatic heterocycles. The van der Waals surface area contributed by atoms with Crippen LogP contribution in [0.2, 0.25) is 0 Å². The zero-order chi connectivity index (χ0) is 17.0. The molecule has 0 bridgehead atoms. The van der Waals surface area contributed by atoms with Gasteiger partial charge in [0.05, 0.1) is 5.56 Å².